The SMILES string of the molecule is Cc1c(C)c(C)c([C@H](C2CC2)N2CCNCC2)c(C)c1C.Cl.Cl. The highest BCUT2D eigenvalue weighted by Gasteiger charge is 2.38. The molecule has 3 rings (SSSR count). The van der Waals surface area contributed by atoms with Crippen LogP contribution in [0.25, 0.3) is 0 Å². The molecule has 1 aromatic carbocycles. The van der Waals surface area contributed by atoms with Crippen LogP contribution in [0.2, 0.25) is 0 Å². The van der Waals surface area contributed by atoms with Crippen molar-refractivity contribution in [1.82, 2.24) is 10.2 Å². The molecule has 0 spiro atoms. The van der Waals surface area contributed by atoms with E-state index in [2.05, 4.69) is 44.8 Å². The van der Waals surface area contributed by atoms with E-state index in [1.54, 1.807) is 16.7 Å². The van der Waals surface area contributed by atoms with E-state index < -0.39 is 0 Å². The molecular weight excluding hydrogens is 327 g/mol. The average Bonchev–Trinajstić information content (AvgIpc) is 3.33. The Morgan fingerprint density at radius 3 is 1.65 bits per heavy atom. The first kappa shape index (κ1) is 20.8. The van der Waals surface area contributed by atoms with Gasteiger partial charge in [-0.05, 0) is 86.8 Å². The zero-order valence-corrected chi connectivity index (χ0v) is 16.8. The molecule has 1 N–H and O–H groups in total. The Hall–Kier alpha value is -0.280. The van der Waals surface area contributed by atoms with E-state index in [4.69, 9.17) is 0 Å². The van der Waals surface area contributed by atoms with E-state index in [1.165, 1.54) is 42.6 Å². The Morgan fingerprint density at radius 2 is 1.22 bits per heavy atom. The minimum absolute atomic E-state index is 0. The fourth-order valence-electron chi connectivity index (χ4n) is 4.06. The van der Waals surface area contributed by atoms with Crippen molar-refractivity contribution in [1.29, 1.82) is 0 Å². The molecule has 1 atom stereocenters. The van der Waals surface area contributed by atoms with Crippen molar-refractivity contribution in [2.45, 2.75) is 53.5 Å². The summed E-state index contributed by atoms with van der Waals surface area (Å²) in [6.07, 6.45) is 2.83. The average molecular weight is 359 g/mol. The van der Waals surface area contributed by atoms with Gasteiger partial charge in [0.2, 0.25) is 0 Å². The van der Waals surface area contributed by atoms with Crippen LogP contribution in [0.5, 0.6) is 0 Å². The van der Waals surface area contributed by atoms with Crippen LogP contribution in [-0.2, 0) is 0 Å². The van der Waals surface area contributed by atoms with Crippen LogP contribution in [-0.4, -0.2) is 31.1 Å². The van der Waals surface area contributed by atoms with Crippen LogP contribution in [0.1, 0.15) is 52.3 Å². The maximum atomic E-state index is 3.50. The molecule has 1 saturated heterocycles. The van der Waals surface area contributed by atoms with Crippen LogP contribution in [0.15, 0.2) is 0 Å². The van der Waals surface area contributed by atoms with Gasteiger partial charge in [0, 0.05) is 32.2 Å². The zero-order valence-electron chi connectivity index (χ0n) is 15.2. The molecule has 1 aliphatic carbocycles. The predicted octanol–water partition coefficient (Wildman–Crippen LogP) is 4.43. The van der Waals surface area contributed by atoms with Gasteiger partial charge in [0.15, 0.2) is 0 Å². The number of hydrogen-bond donors (Lipinski definition) is 1. The Morgan fingerprint density at radius 1 is 0.783 bits per heavy atom. The molecule has 0 radical (unpaired) electrons. The Bertz CT molecular complexity index is 518. The molecule has 0 bridgehead atoms. The van der Waals surface area contributed by atoms with Crippen LogP contribution < -0.4 is 5.32 Å². The van der Waals surface area contributed by atoms with Crippen molar-refractivity contribution < 1.29 is 0 Å². The number of piperazine rings is 1. The Labute approximate surface area is 154 Å². The van der Waals surface area contributed by atoms with Crippen LogP contribution >= 0.6 is 24.8 Å². The molecule has 1 aliphatic heterocycles. The third-order valence-corrected chi connectivity index (χ3v) is 5.97. The first-order chi connectivity index (χ1) is 10.0. The van der Waals surface area contributed by atoms with E-state index in [9.17, 15) is 0 Å². The molecule has 2 nitrogen and oxygen atoms in total. The summed E-state index contributed by atoms with van der Waals surface area (Å²) < 4.78 is 0. The lowest BCUT2D eigenvalue weighted by atomic mass is 9.84. The maximum Gasteiger partial charge on any atom is 0.0382 e. The van der Waals surface area contributed by atoms with Gasteiger partial charge in [0.1, 0.15) is 0 Å². The molecule has 132 valence electrons. The third kappa shape index (κ3) is 3.87. The molecule has 1 saturated carbocycles. The second-order valence-electron chi connectivity index (χ2n) is 7.11. The number of rotatable bonds is 3. The predicted molar refractivity (Wildman–Crippen MR) is 105 cm³/mol. The second-order valence-corrected chi connectivity index (χ2v) is 7.11. The molecule has 0 aromatic heterocycles. The Kier molecular flexibility index (Phi) is 7.40. The lowest BCUT2D eigenvalue weighted by Gasteiger charge is -2.38. The van der Waals surface area contributed by atoms with Crippen molar-refractivity contribution in [2.75, 3.05) is 26.2 Å². The fraction of sp³-hybridized carbons (Fsp3) is 0.684. The van der Waals surface area contributed by atoms with E-state index in [1.807, 2.05) is 0 Å². The first-order valence-electron chi connectivity index (χ1n) is 8.54. The second kappa shape index (κ2) is 8.20. The van der Waals surface area contributed by atoms with Gasteiger partial charge in [-0.2, -0.15) is 0 Å². The highest BCUT2D eigenvalue weighted by molar-refractivity contribution is 5.85. The van der Waals surface area contributed by atoms with Gasteiger partial charge in [0.25, 0.3) is 0 Å². The fourth-order valence-corrected chi connectivity index (χ4v) is 4.06. The van der Waals surface area contributed by atoms with Gasteiger partial charge >= 0.3 is 0 Å². The van der Waals surface area contributed by atoms with Gasteiger partial charge in [0.05, 0.1) is 0 Å². The summed E-state index contributed by atoms with van der Waals surface area (Å²) in [5, 5.41) is 3.50. The largest absolute Gasteiger partial charge is 0.314 e. The lowest BCUT2D eigenvalue weighted by molar-refractivity contribution is 0.155. The molecule has 2 fully saturated rings. The van der Waals surface area contributed by atoms with Crippen molar-refractivity contribution in [3.8, 4) is 0 Å². The van der Waals surface area contributed by atoms with Crippen molar-refractivity contribution >= 4 is 24.8 Å². The standard InChI is InChI=1S/C19H30N2.2ClH/c1-12-13(2)15(4)18(16(5)14(12)3)19(17-6-7-17)21-10-8-20-9-11-21;;/h17,19-20H,6-11H2,1-5H3;2*1H/t19-;;/m0../s1. The maximum absolute atomic E-state index is 3.50. The van der Waals surface area contributed by atoms with Crippen molar-refractivity contribution in [2.24, 2.45) is 5.92 Å². The number of halogens is 2. The summed E-state index contributed by atoms with van der Waals surface area (Å²) in [5.41, 5.74) is 9.25. The topological polar surface area (TPSA) is 15.3 Å². The highest BCUT2D eigenvalue weighted by Crippen LogP contribution is 2.47. The molecule has 0 unspecified atom stereocenters. The first-order valence-corrected chi connectivity index (χ1v) is 8.54. The third-order valence-electron chi connectivity index (χ3n) is 5.97. The molecule has 4 heteroatoms. The normalized spacial score (nSPS) is 19.7. The summed E-state index contributed by atoms with van der Waals surface area (Å²) in [7, 11) is 0. The summed E-state index contributed by atoms with van der Waals surface area (Å²) in [6.45, 7) is 16.3. The van der Waals surface area contributed by atoms with Crippen molar-refractivity contribution in [3.05, 3.63) is 33.4 Å². The van der Waals surface area contributed by atoms with Gasteiger partial charge in [-0.25, -0.2) is 0 Å². The lowest BCUT2D eigenvalue weighted by Crippen LogP contribution is -2.46. The molecule has 1 aromatic rings. The van der Waals surface area contributed by atoms with Crippen molar-refractivity contribution in [3.63, 3.8) is 0 Å². The Balaban J connectivity index is 0.00000132. The molecule has 1 heterocycles. The summed E-state index contributed by atoms with van der Waals surface area (Å²) in [6, 6.07) is 0.657. The number of hydrogen-bond acceptors (Lipinski definition) is 2. The quantitative estimate of drug-likeness (QED) is 0.859. The number of nitrogens with one attached hydrogen (secondary N) is 1. The highest BCUT2D eigenvalue weighted by atomic mass is 35.5. The summed E-state index contributed by atoms with van der Waals surface area (Å²) in [5.74, 6) is 0.891. The minimum atomic E-state index is 0. The van der Waals surface area contributed by atoms with E-state index >= 15 is 0 Å². The zero-order chi connectivity index (χ0) is 15.1. The molecule has 2 aliphatic rings. The molecular formula is C19H32Cl2N2. The van der Waals surface area contributed by atoms with E-state index in [0.29, 0.717) is 6.04 Å². The molecule has 0 amide bonds. The summed E-state index contributed by atoms with van der Waals surface area (Å²) in [4.78, 5) is 2.75. The van der Waals surface area contributed by atoms with E-state index in [0.717, 1.165) is 19.0 Å². The van der Waals surface area contributed by atoms with E-state index in [-0.39, 0.29) is 24.8 Å². The minimum Gasteiger partial charge on any atom is -0.314 e. The number of benzene rings is 1. The molecule has 23 heavy (non-hydrogen) atoms. The van der Waals surface area contributed by atoms with Gasteiger partial charge in [-0.1, -0.05) is 0 Å². The smallest absolute Gasteiger partial charge is 0.0382 e. The van der Waals surface area contributed by atoms with Crippen LogP contribution in [0.4, 0.5) is 0 Å². The van der Waals surface area contributed by atoms with Gasteiger partial charge < -0.3 is 5.32 Å². The van der Waals surface area contributed by atoms with Gasteiger partial charge in [-0.3, -0.25) is 4.90 Å². The van der Waals surface area contributed by atoms with Gasteiger partial charge in [-0.15, -0.1) is 24.8 Å². The monoisotopic (exact) mass is 358 g/mol. The summed E-state index contributed by atoms with van der Waals surface area (Å²) >= 11 is 0. The number of nitrogens with zero attached hydrogens (tertiary/aromatic N) is 1. The van der Waals surface area contributed by atoms with Crippen LogP contribution in [0, 0.1) is 40.5 Å². The van der Waals surface area contributed by atoms with Crippen LogP contribution in [0.3, 0.4) is 0 Å².